The number of aliphatic carboxylic acids is 1. The van der Waals surface area contributed by atoms with Gasteiger partial charge in [0.25, 0.3) is 0 Å². The highest BCUT2D eigenvalue weighted by Gasteiger charge is 2.30. The van der Waals surface area contributed by atoms with Crippen LogP contribution in [0.15, 0.2) is 0 Å². The fraction of sp³-hybridized carbons (Fsp3) is 0.857. The number of carboxylic acid groups (broad SMARTS) is 1. The highest BCUT2D eigenvalue weighted by Crippen LogP contribution is 2.24. The lowest BCUT2D eigenvalue weighted by Crippen LogP contribution is -2.43. The lowest BCUT2D eigenvalue weighted by atomic mass is 9.94. The predicted molar refractivity (Wildman–Crippen MR) is 73.6 cm³/mol. The smallest absolute Gasteiger partial charge is 0.308 e. The van der Waals surface area contributed by atoms with Crippen molar-refractivity contribution < 1.29 is 14.7 Å². The minimum atomic E-state index is -0.800. The zero-order chi connectivity index (χ0) is 14.5. The molecule has 0 saturated heterocycles. The first-order valence-corrected chi connectivity index (χ1v) is 7.10. The molecule has 1 aliphatic rings. The lowest BCUT2D eigenvalue weighted by Gasteiger charge is -2.24. The van der Waals surface area contributed by atoms with Gasteiger partial charge in [0.1, 0.15) is 0 Å². The molecule has 0 aromatic heterocycles. The Hall–Kier alpha value is -1.10. The molecule has 0 aromatic rings. The quantitative estimate of drug-likeness (QED) is 0.662. The molecule has 1 saturated carbocycles. The number of amides is 1. The van der Waals surface area contributed by atoms with Crippen molar-refractivity contribution >= 4 is 11.9 Å². The Morgan fingerprint density at radius 2 is 1.89 bits per heavy atom. The van der Waals surface area contributed by atoms with Crippen molar-refractivity contribution in [2.45, 2.75) is 70.4 Å². The van der Waals surface area contributed by atoms with Crippen molar-refractivity contribution in [3.8, 4) is 0 Å². The molecule has 19 heavy (non-hydrogen) atoms. The molecule has 5 heteroatoms. The van der Waals surface area contributed by atoms with E-state index in [4.69, 9.17) is 5.73 Å². The molecule has 0 spiro atoms. The van der Waals surface area contributed by atoms with Crippen LogP contribution in [-0.2, 0) is 9.59 Å². The number of carbonyl (C=O) groups is 2. The fourth-order valence-electron chi connectivity index (χ4n) is 2.49. The van der Waals surface area contributed by atoms with Gasteiger partial charge in [-0.25, -0.2) is 0 Å². The molecular formula is C14H26N2O3. The van der Waals surface area contributed by atoms with Crippen LogP contribution in [0.5, 0.6) is 0 Å². The molecule has 2 atom stereocenters. The summed E-state index contributed by atoms with van der Waals surface area (Å²) in [6.07, 6.45) is 5.33. The number of rotatable bonds is 5. The second-order valence-electron chi connectivity index (χ2n) is 6.25. The topological polar surface area (TPSA) is 92.4 Å². The van der Waals surface area contributed by atoms with E-state index in [1.54, 1.807) is 0 Å². The van der Waals surface area contributed by atoms with Crippen LogP contribution >= 0.6 is 0 Å². The highest BCUT2D eigenvalue weighted by molar-refractivity contribution is 5.78. The molecule has 0 bridgehead atoms. The van der Waals surface area contributed by atoms with Gasteiger partial charge in [-0.3, -0.25) is 9.59 Å². The normalized spacial score (nSPS) is 24.6. The van der Waals surface area contributed by atoms with Gasteiger partial charge in [-0.05, 0) is 33.1 Å². The van der Waals surface area contributed by atoms with Gasteiger partial charge in [0.2, 0.25) is 5.91 Å². The Labute approximate surface area is 114 Å². The Morgan fingerprint density at radius 1 is 1.26 bits per heavy atom. The number of hydrogen-bond donors (Lipinski definition) is 3. The molecule has 1 rings (SSSR count). The maximum absolute atomic E-state index is 11.9. The SMILES string of the molecule is CC(C)(N)CCC(=O)NC1CCCCCC1C(=O)O. The molecule has 5 nitrogen and oxygen atoms in total. The number of carboxylic acids is 1. The molecule has 0 aliphatic heterocycles. The van der Waals surface area contributed by atoms with Crippen molar-refractivity contribution in [3.63, 3.8) is 0 Å². The molecular weight excluding hydrogens is 244 g/mol. The summed E-state index contributed by atoms with van der Waals surface area (Å²) in [6, 6.07) is -0.228. The van der Waals surface area contributed by atoms with Crippen molar-refractivity contribution in [3.05, 3.63) is 0 Å². The second kappa shape index (κ2) is 6.89. The fourth-order valence-corrected chi connectivity index (χ4v) is 2.49. The molecule has 2 unspecified atom stereocenters. The first kappa shape index (κ1) is 16.0. The predicted octanol–water partition coefficient (Wildman–Crippen LogP) is 1.65. The van der Waals surface area contributed by atoms with E-state index in [9.17, 15) is 14.7 Å². The van der Waals surface area contributed by atoms with Gasteiger partial charge >= 0.3 is 5.97 Å². The van der Waals surface area contributed by atoms with Crippen LogP contribution in [0.25, 0.3) is 0 Å². The van der Waals surface area contributed by atoms with E-state index in [1.165, 1.54) is 0 Å². The van der Waals surface area contributed by atoms with Gasteiger partial charge in [-0.2, -0.15) is 0 Å². The summed E-state index contributed by atoms with van der Waals surface area (Å²) in [6.45, 7) is 3.76. The number of hydrogen-bond acceptors (Lipinski definition) is 3. The van der Waals surface area contributed by atoms with Gasteiger partial charge in [0.15, 0.2) is 0 Å². The summed E-state index contributed by atoms with van der Waals surface area (Å²) < 4.78 is 0. The second-order valence-corrected chi connectivity index (χ2v) is 6.25. The summed E-state index contributed by atoms with van der Waals surface area (Å²) in [7, 11) is 0. The van der Waals surface area contributed by atoms with Crippen LogP contribution in [0.4, 0.5) is 0 Å². The highest BCUT2D eigenvalue weighted by atomic mass is 16.4. The molecule has 110 valence electrons. The average Bonchev–Trinajstić information content (AvgIpc) is 2.51. The van der Waals surface area contributed by atoms with Crippen LogP contribution in [0.3, 0.4) is 0 Å². The maximum Gasteiger partial charge on any atom is 0.308 e. The lowest BCUT2D eigenvalue weighted by molar-refractivity contribution is -0.143. The molecule has 1 fully saturated rings. The van der Waals surface area contributed by atoms with E-state index in [0.29, 0.717) is 19.3 Å². The maximum atomic E-state index is 11.9. The summed E-state index contributed by atoms with van der Waals surface area (Å²) in [5.41, 5.74) is 5.48. The van der Waals surface area contributed by atoms with Gasteiger partial charge in [0, 0.05) is 18.0 Å². The molecule has 0 aromatic carbocycles. The third kappa shape index (κ3) is 6.05. The zero-order valence-corrected chi connectivity index (χ0v) is 11.9. The zero-order valence-electron chi connectivity index (χ0n) is 11.9. The first-order valence-electron chi connectivity index (χ1n) is 7.10. The van der Waals surface area contributed by atoms with Gasteiger partial charge < -0.3 is 16.2 Å². The van der Waals surface area contributed by atoms with Crippen LogP contribution in [0.2, 0.25) is 0 Å². The molecule has 1 amide bonds. The van der Waals surface area contributed by atoms with Crippen molar-refractivity contribution in [1.29, 1.82) is 0 Å². The summed E-state index contributed by atoms with van der Waals surface area (Å²) in [5, 5.41) is 12.1. The third-order valence-electron chi connectivity index (χ3n) is 3.68. The van der Waals surface area contributed by atoms with Crippen LogP contribution in [-0.4, -0.2) is 28.6 Å². The van der Waals surface area contributed by atoms with Gasteiger partial charge in [0.05, 0.1) is 5.92 Å². The van der Waals surface area contributed by atoms with E-state index < -0.39 is 11.9 Å². The van der Waals surface area contributed by atoms with Gasteiger partial charge in [-0.1, -0.05) is 19.3 Å². The Morgan fingerprint density at radius 3 is 2.47 bits per heavy atom. The Balaban J connectivity index is 2.51. The molecule has 0 radical (unpaired) electrons. The van der Waals surface area contributed by atoms with Crippen molar-refractivity contribution in [2.24, 2.45) is 11.7 Å². The number of nitrogens with two attached hydrogens (primary N) is 1. The third-order valence-corrected chi connectivity index (χ3v) is 3.68. The van der Waals surface area contributed by atoms with Crippen molar-refractivity contribution in [1.82, 2.24) is 5.32 Å². The first-order chi connectivity index (χ1) is 8.79. The number of carbonyl (C=O) groups excluding carboxylic acids is 1. The van der Waals surface area contributed by atoms with Crippen LogP contribution in [0, 0.1) is 5.92 Å². The standard InChI is InChI=1S/C14H26N2O3/c1-14(2,15)9-8-12(17)16-11-7-5-3-4-6-10(11)13(18)19/h10-11H,3-9,15H2,1-2H3,(H,16,17)(H,18,19). The average molecular weight is 270 g/mol. The number of nitrogens with one attached hydrogen (secondary N) is 1. The van der Waals surface area contributed by atoms with E-state index in [2.05, 4.69) is 5.32 Å². The summed E-state index contributed by atoms with van der Waals surface area (Å²) in [4.78, 5) is 23.1. The van der Waals surface area contributed by atoms with Crippen molar-refractivity contribution in [2.75, 3.05) is 0 Å². The minimum absolute atomic E-state index is 0.0864. The van der Waals surface area contributed by atoms with Gasteiger partial charge in [-0.15, -0.1) is 0 Å². The van der Waals surface area contributed by atoms with Crippen LogP contribution in [0.1, 0.15) is 58.8 Å². The van der Waals surface area contributed by atoms with E-state index in [1.807, 2.05) is 13.8 Å². The molecule has 4 N–H and O–H groups in total. The minimum Gasteiger partial charge on any atom is -0.481 e. The molecule has 1 aliphatic carbocycles. The molecule has 0 heterocycles. The van der Waals surface area contributed by atoms with E-state index in [0.717, 1.165) is 25.7 Å². The monoisotopic (exact) mass is 270 g/mol. The summed E-state index contributed by atoms with van der Waals surface area (Å²) in [5.74, 6) is -1.33. The Bertz CT molecular complexity index is 323. The largest absolute Gasteiger partial charge is 0.481 e. The van der Waals surface area contributed by atoms with E-state index in [-0.39, 0.29) is 17.5 Å². The summed E-state index contributed by atoms with van der Waals surface area (Å²) >= 11 is 0. The van der Waals surface area contributed by atoms with Crippen LogP contribution < -0.4 is 11.1 Å². The van der Waals surface area contributed by atoms with E-state index >= 15 is 0 Å². The Kier molecular flexibility index (Phi) is 5.79.